The fraction of sp³-hybridized carbons (Fsp3) is 1.00. The predicted molar refractivity (Wildman–Crippen MR) is 39.8 cm³/mol. The van der Waals surface area contributed by atoms with E-state index in [1.807, 2.05) is 6.92 Å². The van der Waals surface area contributed by atoms with Gasteiger partial charge in [-0.1, -0.05) is 13.8 Å². The van der Waals surface area contributed by atoms with Gasteiger partial charge >= 0.3 is 0 Å². The number of aliphatic hydroxyl groups excluding tert-OH is 1. The molecule has 1 saturated heterocycles. The van der Waals surface area contributed by atoms with Gasteiger partial charge in [0.2, 0.25) is 0 Å². The van der Waals surface area contributed by atoms with E-state index in [1.54, 1.807) is 0 Å². The zero-order chi connectivity index (χ0) is 7.72. The first-order valence-corrected chi connectivity index (χ1v) is 3.68. The minimum absolute atomic E-state index is 0.0509. The Morgan fingerprint density at radius 2 is 2.00 bits per heavy atom. The first-order valence-electron chi connectivity index (χ1n) is 3.68. The molecule has 0 saturated carbocycles. The third kappa shape index (κ3) is 1.20. The number of aliphatic hydroxyl groups is 1. The monoisotopic (exact) mass is 140 g/mol. The summed E-state index contributed by atoms with van der Waals surface area (Å²) in [7, 11) is 5.60. The summed E-state index contributed by atoms with van der Waals surface area (Å²) in [4.78, 5) is 0. The molecule has 0 aromatic heterocycles. The fourth-order valence-corrected chi connectivity index (χ4v) is 1.30. The Hall–Kier alpha value is -0.0151. The van der Waals surface area contributed by atoms with Crippen LogP contribution in [0.3, 0.4) is 0 Å². The van der Waals surface area contributed by atoms with Crippen LogP contribution in [-0.2, 0) is 4.74 Å². The van der Waals surface area contributed by atoms with E-state index in [-0.39, 0.29) is 18.7 Å². The van der Waals surface area contributed by atoms with Gasteiger partial charge in [-0.05, 0) is 11.8 Å². The molecule has 10 heavy (non-hydrogen) atoms. The molecule has 1 aliphatic heterocycles. The molecule has 0 amide bonds. The van der Waals surface area contributed by atoms with Crippen LogP contribution < -0.4 is 0 Å². The number of hydrogen-bond donors (Lipinski definition) is 1. The van der Waals surface area contributed by atoms with Crippen LogP contribution in [0.5, 0.6) is 0 Å². The molecule has 0 aromatic carbocycles. The van der Waals surface area contributed by atoms with E-state index in [9.17, 15) is 0 Å². The molecule has 56 valence electrons. The summed E-state index contributed by atoms with van der Waals surface area (Å²) in [6.45, 7) is 4.18. The number of hydrogen-bond acceptors (Lipinski definition) is 2. The van der Waals surface area contributed by atoms with Gasteiger partial charge in [0, 0.05) is 6.00 Å². The van der Waals surface area contributed by atoms with Crippen molar-refractivity contribution >= 4 is 7.85 Å². The lowest BCUT2D eigenvalue weighted by Gasteiger charge is -2.12. The van der Waals surface area contributed by atoms with Crippen LogP contribution in [0.1, 0.15) is 13.8 Å². The quantitative estimate of drug-likeness (QED) is 0.525. The maximum atomic E-state index is 8.79. The number of rotatable bonds is 1. The minimum Gasteiger partial charge on any atom is -0.394 e. The summed E-state index contributed by atoms with van der Waals surface area (Å²) in [6.07, 6.45) is -0.0509. The Bertz CT molecular complexity index is 118. The van der Waals surface area contributed by atoms with Crippen molar-refractivity contribution in [2.24, 2.45) is 11.8 Å². The van der Waals surface area contributed by atoms with Crippen LogP contribution in [-0.4, -0.2) is 31.7 Å². The standard InChI is InChI=1S/C7H13BO2/c1-4-5(2)7(8)10-6(4)3-9/h4-7,9H,3H2,1-2H3/t4?,5-,6+,7+/m0/s1. The molecule has 0 bridgehead atoms. The van der Waals surface area contributed by atoms with E-state index in [1.165, 1.54) is 0 Å². The molecule has 1 aliphatic rings. The average molecular weight is 140 g/mol. The summed E-state index contributed by atoms with van der Waals surface area (Å²) in [5.74, 6) is 0.733. The van der Waals surface area contributed by atoms with Crippen LogP contribution >= 0.6 is 0 Å². The molecule has 0 aliphatic carbocycles. The van der Waals surface area contributed by atoms with Gasteiger partial charge in [-0.25, -0.2) is 0 Å². The molecular formula is C7H13BO2. The highest BCUT2D eigenvalue weighted by atomic mass is 16.5. The average Bonchev–Trinajstić information content (AvgIpc) is 2.17. The van der Waals surface area contributed by atoms with Gasteiger partial charge in [-0.15, -0.1) is 0 Å². The SMILES string of the molecule is [B][C@@H]1O[C@H](CO)C(C)[C@@H]1C. The molecule has 1 heterocycles. The van der Waals surface area contributed by atoms with Gasteiger partial charge in [-0.2, -0.15) is 0 Å². The van der Waals surface area contributed by atoms with Crippen molar-refractivity contribution in [2.45, 2.75) is 26.0 Å². The van der Waals surface area contributed by atoms with Gasteiger partial charge in [0.05, 0.1) is 12.7 Å². The molecule has 1 fully saturated rings. The lowest BCUT2D eigenvalue weighted by molar-refractivity contribution is 0.0286. The van der Waals surface area contributed by atoms with Gasteiger partial charge in [0.25, 0.3) is 0 Å². The van der Waals surface area contributed by atoms with Crippen LogP contribution in [0.2, 0.25) is 0 Å². The smallest absolute Gasteiger partial charge is 0.109 e. The highest BCUT2D eigenvalue weighted by molar-refractivity contribution is 6.11. The van der Waals surface area contributed by atoms with Crippen molar-refractivity contribution in [3.8, 4) is 0 Å². The lowest BCUT2D eigenvalue weighted by Crippen LogP contribution is -2.19. The molecule has 2 radical (unpaired) electrons. The summed E-state index contributed by atoms with van der Waals surface area (Å²) in [5.41, 5.74) is 0. The Morgan fingerprint density at radius 1 is 1.40 bits per heavy atom. The summed E-state index contributed by atoms with van der Waals surface area (Å²) in [5, 5.41) is 8.79. The maximum Gasteiger partial charge on any atom is 0.109 e. The van der Waals surface area contributed by atoms with Crippen molar-refractivity contribution in [2.75, 3.05) is 6.61 Å². The molecule has 3 heteroatoms. The molecule has 1 rings (SSSR count). The summed E-state index contributed by atoms with van der Waals surface area (Å²) >= 11 is 0. The second kappa shape index (κ2) is 2.93. The van der Waals surface area contributed by atoms with Gasteiger partial charge in [-0.3, -0.25) is 0 Å². The Balaban J connectivity index is 2.53. The lowest BCUT2D eigenvalue weighted by atomic mass is 9.82. The highest BCUT2D eigenvalue weighted by Gasteiger charge is 2.35. The van der Waals surface area contributed by atoms with Crippen LogP contribution in [0.4, 0.5) is 0 Å². The maximum absolute atomic E-state index is 8.79. The molecule has 1 N–H and O–H groups in total. The van der Waals surface area contributed by atoms with E-state index in [4.69, 9.17) is 17.7 Å². The second-order valence-electron chi connectivity index (χ2n) is 3.04. The van der Waals surface area contributed by atoms with Gasteiger partial charge < -0.3 is 9.84 Å². The molecule has 2 nitrogen and oxygen atoms in total. The van der Waals surface area contributed by atoms with Crippen molar-refractivity contribution in [3.63, 3.8) is 0 Å². The van der Waals surface area contributed by atoms with Crippen molar-refractivity contribution in [1.29, 1.82) is 0 Å². The van der Waals surface area contributed by atoms with Crippen molar-refractivity contribution < 1.29 is 9.84 Å². The Labute approximate surface area is 63.0 Å². The van der Waals surface area contributed by atoms with Crippen LogP contribution in [0, 0.1) is 11.8 Å². The van der Waals surface area contributed by atoms with E-state index in [0.29, 0.717) is 11.8 Å². The van der Waals surface area contributed by atoms with E-state index in [0.717, 1.165) is 0 Å². The van der Waals surface area contributed by atoms with Gasteiger partial charge in [0.15, 0.2) is 0 Å². The topological polar surface area (TPSA) is 29.5 Å². The zero-order valence-corrected chi connectivity index (χ0v) is 6.45. The molecule has 1 unspecified atom stereocenters. The second-order valence-corrected chi connectivity index (χ2v) is 3.04. The van der Waals surface area contributed by atoms with E-state index < -0.39 is 0 Å². The van der Waals surface area contributed by atoms with Crippen molar-refractivity contribution in [3.05, 3.63) is 0 Å². The van der Waals surface area contributed by atoms with Gasteiger partial charge in [0.1, 0.15) is 7.85 Å². The Morgan fingerprint density at radius 3 is 2.20 bits per heavy atom. The first kappa shape index (κ1) is 8.09. The molecule has 0 spiro atoms. The summed E-state index contributed by atoms with van der Waals surface area (Å²) in [6, 6.07) is -0.188. The largest absolute Gasteiger partial charge is 0.394 e. The summed E-state index contributed by atoms with van der Waals surface area (Å²) < 4.78 is 5.26. The van der Waals surface area contributed by atoms with Crippen LogP contribution in [0.15, 0.2) is 0 Å². The van der Waals surface area contributed by atoms with Crippen LogP contribution in [0.25, 0.3) is 0 Å². The van der Waals surface area contributed by atoms with E-state index >= 15 is 0 Å². The normalized spacial score (nSPS) is 47.9. The first-order chi connectivity index (χ1) is 4.66. The fourth-order valence-electron chi connectivity index (χ4n) is 1.30. The van der Waals surface area contributed by atoms with E-state index in [2.05, 4.69) is 6.92 Å². The third-order valence-corrected chi connectivity index (χ3v) is 2.45. The Kier molecular flexibility index (Phi) is 2.37. The number of ether oxygens (including phenoxy) is 1. The highest BCUT2D eigenvalue weighted by Crippen LogP contribution is 2.29. The third-order valence-electron chi connectivity index (χ3n) is 2.45. The molecule has 0 aromatic rings. The van der Waals surface area contributed by atoms with Crippen molar-refractivity contribution in [1.82, 2.24) is 0 Å². The molecular weight excluding hydrogens is 127 g/mol. The zero-order valence-electron chi connectivity index (χ0n) is 6.45. The molecule has 4 atom stereocenters. The predicted octanol–water partition coefficient (Wildman–Crippen LogP) is 0.144. The minimum atomic E-state index is -0.188.